The fraction of sp³-hybridized carbons (Fsp3) is 0.192. The highest BCUT2D eigenvalue weighted by atomic mass is 15.1. The summed E-state index contributed by atoms with van der Waals surface area (Å²) in [5.74, 6) is 0.705. The lowest BCUT2D eigenvalue weighted by Crippen LogP contribution is -2.16. The van der Waals surface area contributed by atoms with Crippen LogP contribution in [0.15, 0.2) is 73.2 Å². The molecule has 0 atom stereocenters. The third-order valence-corrected chi connectivity index (χ3v) is 6.25. The van der Waals surface area contributed by atoms with E-state index in [4.69, 9.17) is 9.97 Å². The van der Waals surface area contributed by atoms with E-state index in [0.29, 0.717) is 12.0 Å². The van der Waals surface area contributed by atoms with Crippen LogP contribution in [0, 0.1) is 0 Å². The van der Waals surface area contributed by atoms with Crippen LogP contribution in [0.5, 0.6) is 0 Å². The molecule has 2 N–H and O–H groups in total. The number of nitrogens with zero attached hydrogens (tertiary/aromatic N) is 3. The molecule has 6 rings (SSSR count). The lowest BCUT2D eigenvalue weighted by atomic mass is 9.98. The van der Waals surface area contributed by atoms with E-state index in [0.717, 1.165) is 27.9 Å². The molecule has 0 bridgehead atoms. The van der Waals surface area contributed by atoms with E-state index in [-0.39, 0.29) is 0 Å². The van der Waals surface area contributed by atoms with Crippen molar-refractivity contribution in [2.24, 2.45) is 0 Å². The van der Waals surface area contributed by atoms with Crippen LogP contribution in [-0.4, -0.2) is 26.0 Å². The van der Waals surface area contributed by atoms with E-state index in [1.807, 2.05) is 24.7 Å². The fourth-order valence-electron chi connectivity index (χ4n) is 4.67. The number of hydrogen-bond donors (Lipinski definition) is 2. The van der Waals surface area contributed by atoms with Gasteiger partial charge in [-0.25, -0.2) is 15.0 Å². The van der Waals surface area contributed by atoms with Crippen LogP contribution in [0.2, 0.25) is 0 Å². The molecule has 0 aliphatic heterocycles. The number of benzene rings is 2. The zero-order valence-corrected chi connectivity index (χ0v) is 17.2. The fourth-order valence-corrected chi connectivity index (χ4v) is 4.67. The predicted molar refractivity (Wildman–Crippen MR) is 126 cm³/mol. The number of aromatic amines is 1. The van der Waals surface area contributed by atoms with Gasteiger partial charge in [-0.15, -0.1) is 0 Å². The Balaban J connectivity index is 1.43. The van der Waals surface area contributed by atoms with E-state index in [1.54, 1.807) is 0 Å². The summed E-state index contributed by atoms with van der Waals surface area (Å²) < 4.78 is 0. The summed E-state index contributed by atoms with van der Waals surface area (Å²) >= 11 is 0. The second-order valence-corrected chi connectivity index (χ2v) is 8.24. The van der Waals surface area contributed by atoms with Crippen LogP contribution in [0.3, 0.4) is 0 Å². The zero-order chi connectivity index (χ0) is 20.6. The van der Waals surface area contributed by atoms with Gasteiger partial charge in [0, 0.05) is 41.1 Å². The van der Waals surface area contributed by atoms with Gasteiger partial charge in [0.2, 0.25) is 5.95 Å². The number of fused-ring (bicyclic) bond motifs is 2. The van der Waals surface area contributed by atoms with Gasteiger partial charge in [-0.1, -0.05) is 55.3 Å². The predicted octanol–water partition coefficient (Wildman–Crippen LogP) is 6.19. The molecule has 5 heteroatoms. The van der Waals surface area contributed by atoms with Crippen molar-refractivity contribution in [2.75, 3.05) is 5.32 Å². The third-order valence-electron chi connectivity index (χ3n) is 6.25. The Morgan fingerprint density at radius 2 is 1.74 bits per heavy atom. The van der Waals surface area contributed by atoms with Crippen molar-refractivity contribution in [1.82, 2.24) is 19.9 Å². The minimum absolute atomic E-state index is 0.484. The number of pyridine rings is 1. The number of H-pyrrole nitrogens is 1. The molecule has 0 spiro atoms. The van der Waals surface area contributed by atoms with Crippen LogP contribution in [0.4, 0.5) is 5.95 Å². The van der Waals surface area contributed by atoms with Crippen molar-refractivity contribution >= 4 is 27.8 Å². The lowest BCUT2D eigenvalue weighted by Gasteiger charge is -2.12. The first kappa shape index (κ1) is 18.1. The second kappa shape index (κ2) is 7.51. The molecule has 3 heterocycles. The number of aromatic nitrogens is 4. The summed E-state index contributed by atoms with van der Waals surface area (Å²) in [6.07, 6.45) is 10.7. The first-order chi connectivity index (χ1) is 15.3. The van der Waals surface area contributed by atoms with E-state index in [9.17, 15) is 0 Å². The number of hydrogen-bond acceptors (Lipinski definition) is 4. The monoisotopic (exact) mass is 405 g/mol. The Labute approximate surface area is 180 Å². The molecule has 5 aromatic rings. The maximum absolute atomic E-state index is 4.81. The molecule has 0 radical (unpaired) electrons. The van der Waals surface area contributed by atoms with Crippen molar-refractivity contribution < 1.29 is 0 Å². The average molecular weight is 406 g/mol. The maximum atomic E-state index is 4.81. The minimum atomic E-state index is 0.484. The molecule has 31 heavy (non-hydrogen) atoms. The molecule has 2 aromatic carbocycles. The van der Waals surface area contributed by atoms with Crippen molar-refractivity contribution in [2.45, 2.75) is 31.7 Å². The first-order valence-electron chi connectivity index (χ1n) is 10.9. The largest absolute Gasteiger partial charge is 0.351 e. The average Bonchev–Trinajstić information content (AvgIpc) is 3.48. The molecule has 5 nitrogen and oxygen atoms in total. The maximum Gasteiger partial charge on any atom is 0.223 e. The summed E-state index contributed by atoms with van der Waals surface area (Å²) in [6.45, 7) is 0. The Kier molecular flexibility index (Phi) is 4.38. The molecule has 1 aliphatic carbocycles. The Morgan fingerprint density at radius 1 is 0.871 bits per heavy atom. The molecule has 152 valence electrons. The van der Waals surface area contributed by atoms with Crippen molar-refractivity contribution in [3.63, 3.8) is 0 Å². The highest BCUT2D eigenvalue weighted by Gasteiger charge is 2.17. The Morgan fingerprint density at radius 3 is 2.68 bits per heavy atom. The minimum Gasteiger partial charge on any atom is -0.351 e. The van der Waals surface area contributed by atoms with Crippen LogP contribution >= 0.6 is 0 Å². The van der Waals surface area contributed by atoms with Gasteiger partial charge in [0.1, 0.15) is 5.65 Å². The van der Waals surface area contributed by atoms with Gasteiger partial charge in [-0.2, -0.15) is 0 Å². The quantitative estimate of drug-likeness (QED) is 0.374. The van der Waals surface area contributed by atoms with Gasteiger partial charge in [-0.3, -0.25) is 0 Å². The highest BCUT2D eigenvalue weighted by Crippen LogP contribution is 2.33. The Bertz CT molecular complexity index is 1380. The van der Waals surface area contributed by atoms with Crippen LogP contribution in [0.1, 0.15) is 25.7 Å². The van der Waals surface area contributed by atoms with Gasteiger partial charge >= 0.3 is 0 Å². The number of nitrogens with one attached hydrogen (secondary N) is 2. The standard InChI is InChI=1S/C26H23N5/c1-4-10-20-17(6-1)7-5-11-21(20)18-14-22-23(16-29-25(22)28-15-18)24-12-13-27-26(31-24)30-19-8-2-3-9-19/h1,4-7,10-16,19H,2-3,8-9H2,(H,28,29)(H,27,30,31). The van der Waals surface area contributed by atoms with Crippen molar-refractivity contribution in [1.29, 1.82) is 0 Å². The number of anilines is 1. The highest BCUT2D eigenvalue weighted by molar-refractivity contribution is 6.00. The summed E-state index contributed by atoms with van der Waals surface area (Å²) in [6, 6.07) is 19.5. The molecular formula is C26H23N5. The van der Waals surface area contributed by atoms with Crippen LogP contribution in [-0.2, 0) is 0 Å². The van der Waals surface area contributed by atoms with Gasteiger partial charge in [-0.05, 0) is 41.3 Å². The van der Waals surface area contributed by atoms with E-state index >= 15 is 0 Å². The molecule has 0 saturated heterocycles. The van der Waals surface area contributed by atoms with Crippen molar-refractivity contribution in [3.05, 3.63) is 73.2 Å². The smallest absolute Gasteiger partial charge is 0.223 e. The van der Waals surface area contributed by atoms with Crippen LogP contribution in [0.25, 0.3) is 44.2 Å². The topological polar surface area (TPSA) is 66.5 Å². The normalized spacial score (nSPS) is 14.5. The van der Waals surface area contributed by atoms with Crippen molar-refractivity contribution in [3.8, 4) is 22.4 Å². The van der Waals surface area contributed by atoms with Gasteiger partial charge in [0.25, 0.3) is 0 Å². The second-order valence-electron chi connectivity index (χ2n) is 8.24. The summed E-state index contributed by atoms with van der Waals surface area (Å²) in [5.41, 5.74) is 5.09. The van der Waals surface area contributed by atoms with Crippen LogP contribution < -0.4 is 5.32 Å². The molecule has 0 unspecified atom stereocenters. The molecule has 1 saturated carbocycles. The Hall–Kier alpha value is -3.73. The molecular weight excluding hydrogens is 382 g/mol. The van der Waals surface area contributed by atoms with Gasteiger partial charge in [0.05, 0.1) is 5.69 Å². The molecule has 1 fully saturated rings. The summed E-state index contributed by atoms with van der Waals surface area (Å²) in [7, 11) is 0. The molecule has 0 amide bonds. The van der Waals surface area contributed by atoms with E-state index < -0.39 is 0 Å². The molecule has 3 aromatic heterocycles. The third kappa shape index (κ3) is 3.32. The van der Waals surface area contributed by atoms with Gasteiger partial charge in [0.15, 0.2) is 0 Å². The molecule has 1 aliphatic rings. The first-order valence-corrected chi connectivity index (χ1v) is 10.9. The van der Waals surface area contributed by atoms with E-state index in [1.165, 1.54) is 42.0 Å². The SMILES string of the molecule is c1ccc2c(-c3cnc4[nH]cc(-c5ccnc(NC6CCCC6)n5)c4c3)cccc2c1. The zero-order valence-electron chi connectivity index (χ0n) is 17.2. The van der Waals surface area contributed by atoms with E-state index in [2.05, 4.69) is 63.8 Å². The lowest BCUT2D eigenvalue weighted by molar-refractivity contribution is 0.744. The van der Waals surface area contributed by atoms with Gasteiger partial charge < -0.3 is 10.3 Å². The number of rotatable bonds is 4. The summed E-state index contributed by atoms with van der Waals surface area (Å²) in [5, 5.41) is 7.03. The summed E-state index contributed by atoms with van der Waals surface area (Å²) in [4.78, 5) is 17.3.